The molecule has 0 aliphatic carbocycles. The second-order valence-corrected chi connectivity index (χ2v) is 12.2. The molecule has 2 atom stereocenters. The summed E-state index contributed by atoms with van der Waals surface area (Å²) in [6, 6.07) is 10.6. The molecular weight excluding hydrogens is 546 g/mol. The molecule has 1 fully saturated rings. The molecule has 0 amide bonds. The molecule has 0 N–H and O–H groups in total. The number of rotatable bonds is 6. The average Bonchev–Trinajstić information content (AvgIpc) is 3.31. The highest BCUT2D eigenvalue weighted by Crippen LogP contribution is 2.36. The first-order chi connectivity index (χ1) is 18.9. The number of hydrogen-bond acceptors (Lipinski definition) is 5. The number of halogens is 4. The maximum absolute atomic E-state index is 13.6. The lowest BCUT2D eigenvalue weighted by Crippen LogP contribution is -2.52. The molecule has 12 heteroatoms. The maximum atomic E-state index is 13.6. The fourth-order valence-corrected chi connectivity index (χ4v) is 6.79. The zero-order valence-corrected chi connectivity index (χ0v) is 23.0. The van der Waals surface area contributed by atoms with Gasteiger partial charge in [-0.05, 0) is 73.0 Å². The van der Waals surface area contributed by atoms with Gasteiger partial charge >= 0.3 is 6.18 Å². The minimum atomic E-state index is -4.38. The second-order valence-electron chi connectivity index (χ2n) is 10.3. The molecule has 4 aromatic rings. The molecule has 3 heterocycles. The molecule has 0 radical (unpaired) electrons. The molecule has 5 rings (SSSR count). The Bertz CT molecular complexity index is 1640. The van der Waals surface area contributed by atoms with Crippen LogP contribution in [0, 0.1) is 25.6 Å². The van der Waals surface area contributed by atoms with Gasteiger partial charge in [0, 0.05) is 50.0 Å². The SMILES string of the molecule is Cc1cc2c(cnn2-c2ccc(F)cc2)cc1[C@H]1CN(S(=O)(=O)c2cnccc2C)CCN1CC(C)C(F)(F)F. The summed E-state index contributed by atoms with van der Waals surface area (Å²) < 4.78 is 84.4. The number of fused-ring (bicyclic) bond motifs is 1. The number of aromatic nitrogens is 3. The molecule has 1 saturated heterocycles. The highest BCUT2D eigenvalue weighted by atomic mass is 32.2. The first kappa shape index (κ1) is 28.2. The molecule has 0 saturated carbocycles. The molecule has 2 aromatic carbocycles. The molecular formula is C28H29F4N5O2S. The number of sulfonamides is 1. The maximum Gasteiger partial charge on any atom is 0.392 e. The summed E-state index contributed by atoms with van der Waals surface area (Å²) in [6.07, 6.45) is 0.0771. The molecule has 1 aliphatic rings. The van der Waals surface area contributed by atoms with Crippen LogP contribution in [0.1, 0.15) is 29.7 Å². The van der Waals surface area contributed by atoms with Crippen molar-refractivity contribution in [3.63, 3.8) is 0 Å². The van der Waals surface area contributed by atoms with E-state index in [1.807, 2.05) is 19.1 Å². The molecule has 1 unspecified atom stereocenters. The molecule has 212 valence electrons. The summed E-state index contributed by atoms with van der Waals surface area (Å²) in [4.78, 5) is 5.78. The van der Waals surface area contributed by atoms with Gasteiger partial charge in [-0.3, -0.25) is 9.88 Å². The van der Waals surface area contributed by atoms with Crippen molar-refractivity contribution in [2.75, 3.05) is 26.2 Å². The first-order valence-corrected chi connectivity index (χ1v) is 14.3. The van der Waals surface area contributed by atoms with E-state index in [4.69, 9.17) is 0 Å². The van der Waals surface area contributed by atoms with Crippen molar-refractivity contribution in [2.24, 2.45) is 5.92 Å². The lowest BCUT2D eigenvalue weighted by Gasteiger charge is -2.42. The third kappa shape index (κ3) is 5.35. The van der Waals surface area contributed by atoms with Crippen molar-refractivity contribution in [3.8, 4) is 5.69 Å². The molecule has 0 spiro atoms. The van der Waals surface area contributed by atoms with E-state index < -0.39 is 28.2 Å². The van der Waals surface area contributed by atoms with E-state index in [9.17, 15) is 26.0 Å². The van der Waals surface area contributed by atoms with Crippen LogP contribution < -0.4 is 0 Å². The van der Waals surface area contributed by atoms with E-state index in [0.717, 1.165) is 29.0 Å². The Morgan fingerprint density at radius 2 is 1.75 bits per heavy atom. The number of nitrogens with zero attached hydrogens (tertiary/aromatic N) is 5. The number of aryl methyl sites for hydroxylation is 2. The third-order valence-corrected chi connectivity index (χ3v) is 9.51. The van der Waals surface area contributed by atoms with E-state index in [1.54, 1.807) is 40.9 Å². The van der Waals surface area contributed by atoms with Gasteiger partial charge in [-0.25, -0.2) is 17.5 Å². The van der Waals surface area contributed by atoms with Gasteiger partial charge in [-0.15, -0.1) is 0 Å². The molecule has 0 bridgehead atoms. The fourth-order valence-electron chi connectivity index (χ4n) is 5.18. The standard InChI is InChI=1S/C28H29F4N5O2S/c1-18-8-9-33-15-27(18)40(38,39)36-11-10-35(16-20(3)28(30,31)32)26(17-36)24-13-21-14-34-37(25(21)12-19(24)2)23-6-4-22(29)5-7-23/h4-9,12-15,20,26H,10-11,16-17H2,1-3H3/t20?,26-/m1/s1. The fraction of sp³-hybridized carbons (Fsp3) is 0.357. The zero-order valence-electron chi connectivity index (χ0n) is 22.2. The van der Waals surface area contributed by atoms with E-state index in [-0.39, 0.29) is 36.9 Å². The van der Waals surface area contributed by atoms with Crippen LogP contribution in [0.3, 0.4) is 0 Å². The van der Waals surface area contributed by atoms with E-state index in [0.29, 0.717) is 11.3 Å². The van der Waals surface area contributed by atoms with Gasteiger partial charge in [-0.1, -0.05) is 6.92 Å². The number of pyridine rings is 1. The molecule has 1 aliphatic heterocycles. The summed E-state index contributed by atoms with van der Waals surface area (Å²) in [7, 11) is -3.93. The zero-order chi connectivity index (χ0) is 28.8. The Balaban J connectivity index is 1.55. The Morgan fingerprint density at radius 3 is 2.42 bits per heavy atom. The van der Waals surface area contributed by atoms with Gasteiger partial charge in [0.25, 0.3) is 0 Å². The van der Waals surface area contributed by atoms with Gasteiger partial charge in [0.1, 0.15) is 10.7 Å². The van der Waals surface area contributed by atoms with Gasteiger partial charge in [0.05, 0.1) is 23.3 Å². The minimum absolute atomic E-state index is 0.0142. The van der Waals surface area contributed by atoms with Crippen LogP contribution in [0.25, 0.3) is 16.6 Å². The Labute approximate surface area is 230 Å². The Morgan fingerprint density at radius 1 is 1.02 bits per heavy atom. The summed E-state index contributed by atoms with van der Waals surface area (Å²) >= 11 is 0. The first-order valence-electron chi connectivity index (χ1n) is 12.8. The summed E-state index contributed by atoms with van der Waals surface area (Å²) in [6.45, 7) is 4.59. The van der Waals surface area contributed by atoms with Gasteiger partial charge < -0.3 is 0 Å². The highest BCUT2D eigenvalue weighted by molar-refractivity contribution is 7.89. The van der Waals surface area contributed by atoms with E-state index in [1.165, 1.54) is 28.8 Å². The monoisotopic (exact) mass is 575 g/mol. The summed E-state index contributed by atoms with van der Waals surface area (Å²) in [5.74, 6) is -1.96. The van der Waals surface area contributed by atoms with Crippen molar-refractivity contribution < 1.29 is 26.0 Å². The summed E-state index contributed by atoms with van der Waals surface area (Å²) in [5, 5.41) is 5.18. The van der Waals surface area contributed by atoms with Crippen LogP contribution in [0.5, 0.6) is 0 Å². The smallest absolute Gasteiger partial charge is 0.293 e. The number of alkyl halides is 3. The van der Waals surface area contributed by atoms with Crippen molar-refractivity contribution in [1.82, 2.24) is 24.0 Å². The van der Waals surface area contributed by atoms with Crippen LogP contribution >= 0.6 is 0 Å². The average molecular weight is 576 g/mol. The van der Waals surface area contributed by atoms with E-state index in [2.05, 4.69) is 10.1 Å². The van der Waals surface area contributed by atoms with Crippen LogP contribution in [-0.2, 0) is 10.0 Å². The van der Waals surface area contributed by atoms with Gasteiger partial charge in [-0.2, -0.15) is 22.6 Å². The second kappa shape index (κ2) is 10.6. The normalized spacial score (nSPS) is 18.3. The van der Waals surface area contributed by atoms with Crippen molar-refractivity contribution in [2.45, 2.75) is 37.9 Å². The van der Waals surface area contributed by atoms with Crippen LogP contribution in [0.4, 0.5) is 17.6 Å². The van der Waals surface area contributed by atoms with Crippen molar-refractivity contribution in [3.05, 3.63) is 83.6 Å². The van der Waals surface area contributed by atoms with E-state index >= 15 is 0 Å². The lowest BCUT2D eigenvalue weighted by atomic mass is 9.95. The van der Waals surface area contributed by atoms with Crippen LogP contribution in [0.2, 0.25) is 0 Å². The topological polar surface area (TPSA) is 71.3 Å². The minimum Gasteiger partial charge on any atom is -0.293 e. The molecule has 7 nitrogen and oxygen atoms in total. The quantitative estimate of drug-likeness (QED) is 0.287. The highest BCUT2D eigenvalue weighted by Gasteiger charge is 2.41. The number of benzene rings is 2. The molecule has 2 aromatic heterocycles. The van der Waals surface area contributed by atoms with Gasteiger partial charge in [0.15, 0.2) is 0 Å². The van der Waals surface area contributed by atoms with Crippen molar-refractivity contribution in [1.29, 1.82) is 0 Å². The molecule has 40 heavy (non-hydrogen) atoms. The number of piperazine rings is 1. The third-order valence-electron chi connectivity index (χ3n) is 7.52. The van der Waals surface area contributed by atoms with Gasteiger partial charge in [0.2, 0.25) is 10.0 Å². The largest absolute Gasteiger partial charge is 0.392 e. The predicted molar refractivity (Wildman–Crippen MR) is 143 cm³/mol. The van der Waals surface area contributed by atoms with Crippen molar-refractivity contribution >= 4 is 20.9 Å². The lowest BCUT2D eigenvalue weighted by molar-refractivity contribution is -0.176. The van der Waals surface area contributed by atoms with Crippen LogP contribution in [0.15, 0.2) is 66.0 Å². The van der Waals surface area contributed by atoms with Crippen LogP contribution in [-0.4, -0.2) is 64.7 Å². The summed E-state index contributed by atoms with van der Waals surface area (Å²) in [5.41, 5.74) is 3.46. The number of hydrogen-bond donors (Lipinski definition) is 0. The predicted octanol–water partition coefficient (Wildman–Crippen LogP) is 5.42. The Hall–Kier alpha value is -3.35. The Kier molecular flexibility index (Phi) is 7.45.